The van der Waals surface area contributed by atoms with Gasteiger partial charge in [0.15, 0.2) is 0 Å². The lowest BCUT2D eigenvalue weighted by molar-refractivity contribution is -0.132. The molecule has 160 valence electrons. The second kappa shape index (κ2) is 9.27. The summed E-state index contributed by atoms with van der Waals surface area (Å²) in [4.78, 5) is 16.8. The fourth-order valence-corrected chi connectivity index (χ4v) is 4.07. The molecule has 0 spiro atoms. The van der Waals surface area contributed by atoms with Crippen LogP contribution in [-0.4, -0.2) is 47.0 Å². The third-order valence-electron chi connectivity index (χ3n) is 5.74. The van der Waals surface area contributed by atoms with Gasteiger partial charge in [-0.25, -0.2) is 8.78 Å². The number of piperazine rings is 1. The zero-order valence-corrected chi connectivity index (χ0v) is 17.0. The van der Waals surface area contributed by atoms with Crippen molar-refractivity contribution >= 4 is 5.91 Å². The Balaban J connectivity index is 1.48. The van der Waals surface area contributed by atoms with Crippen LogP contribution >= 0.6 is 0 Å². The summed E-state index contributed by atoms with van der Waals surface area (Å²) >= 11 is 0. The van der Waals surface area contributed by atoms with Crippen molar-refractivity contribution in [1.29, 1.82) is 0 Å². The van der Waals surface area contributed by atoms with Gasteiger partial charge >= 0.3 is 0 Å². The van der Waals surface area contributed by atoms with Crippen LogP contribution in [-0.2, 0) is 11.2 Å². The van der Waals surface area contributed by atoms with Gasteiger partial charge in [0.25, 0.3) is 0 Å². The minimum absolute atomic E-state index is 0.0266. The maximum absolute atomic E-state index is 13.5. The van der Waals surface area contributed by atoms with Crippen LogP contribution in [0.4, 0.5) is 8.78 Å². The summed E-state index contributed by atoms with van der Waals surface area (Å²) < 4.78 is 26.9. The fourth-order valence-electron chi connectivity index (χ4n) is 4.07. The molecule has 6 heteroatoms. The number of para-hydroxylation sites is 1. The molecule has 0 unspecified atom stereocenters. The summed E-state index contributed by atoms with van der Waals surface area (Å²) in [5.74, 6) is -0.509. The molecule has 0 saturated carbocycles. The Morgan fingerprint density at radius 1 is 0.806 bits per heavy atom. The SMILES string of the molecule is O=C(Cc1ccccc1O)N1CCN(C(c2ccc(F)cc2)c2ccc(F)cc2)CC1. The lowest BCUT2D eigenvalue weighted by Crippen LogP contribution is -2.50. The number of halogens is 2. The zero-order chi connectivity index (χ0) is 21.8. The van der Waals surface area contributed by atoms with Crippen LogP contribution in [0, 0.1) is 11.6 Å². The van der Waals surface area contributed by atoms with Crippen LogP contribution in [0.2, 0.25) is 0 Å². The molecule has 1 fully saturated rings. The van der Waals surface area contributed by atoms with Gasteiger partial charge in [-0.1, -0.05) is 42.5 Å². The summed E-state index contributed by atoms with van der Waals surface area (Å²) in [6.07, 6.45) is 0.159. The van der Waals surface area contributed by atoms with Crippen molar-refractivity contribution in [3.63, 3.8) is 0 Å². The Morgan fingerprint density at radius 3 is 1.84 bits per heavy atom. The highest BCUT2D eigenvalue weighted by atomic mass is 19.1. The van der Waals surface area contributed by atoms with Crippen molar-refractivity contribution in [2.24, 2.45) is 0 Å². The molecule has 1 N–H and O–H groups in total. The molecule has 0 atom stereocenters. The molecule has 4 nitrogen and oxygen atoms in total. The molecule has 1 aliphatic rings. The van der Waals surface area contributed by atoms with E-state index in [1.807, 2.05) is 0 Å². The van der Waals surface area contributed by atoms with E-state index < -0.39 is 0 Å². The molecule has 3 aromatic rings. The minimum atomic E-state index is -0.304. The molecule has 1 saturated heterocycles. The quantitative estimate of drug-likeness (QED) is 0.672. The van der Waals surface area contributed by atoms with E-state index in [4.69, 9.17) is 0 Å². The number of hydrogen-bond donors (Lipinski definition) is 1. The Labute approximate surface area is 180 Å². The second-order valence-electron chi connectivity index (χ2n) is 7.73. The van der Waals surface area contributed by atoms with Gasteiger partial charge in [0.2, 0.25) is 5.91 Å². The van der Waals surface area contributed by atoms with Crippen molar-refractivity contribution in [3.8, 4) is 5.75 Å². The minimum Gasteiger partial charge on any atom is -0.508 e. The maximum atomic E-state index is 13.5. The Bertz CT molecular complexity index is 985. The average Bonchev–Trinajstić information content (AvgIpc) is 2.78. The van der Waals surface area contributed by atoms with Crippen LogP contribution in [0.5, 0.6) is 5.75 Å². The van der Waals surface area contributed by atoms with E-state index >= 15 is 0 Å². The summed E-state index contributed by atoms with van der Waals surface area (Å²) in [6.45, 7) is 2.36. The van der Waals surface area contributed by atoms with E-state index in [9.17, 15) is 18.7 Å². The topological polar surface area (TPSA) is 43.8 Å². The molecule has 0 bridgehead atoms. The van der Waals surface area contributed by atoms with Gasteiger partial charge in [-0.15, -0.1) is 0 Å². The number of carbonyl (C=O) groups excluding carboxylic acids is 1. The first-order valence-electron chi connectivity index (χ1n) is 10.3. The van der Waals surface area contributed by atoms with E-state index in [1.165, 1.54) is 24.3 Å². The second-order valence-corrected chi connectivity index (χ2v) is 7.73. The van der Waals surface area contributed by atoms with Gasteiger partial charge in [0.05, 0.1) is 12.5 Å². The van der Waals surface area contributed by atoms with Crippen molar-refractivity contribution < 1.29 is 18.7 Å². The zero-order valence-electron chi connectivity index (χ0n) is 17.0. The number of amides is 1. The van der Waals surface area contributed by atoms with Gasteiger partial charge in [0, 0.05) is 31.7 Å². The summed E-state index contributed by atoms with van der Waals surface area (Å²) in [5.41, 5.74) is 2.45. The largest absolute Gasteiger partial charge is 0.508 e. The Morgan fingerprint density at radius 2 is 1.32 bits per heavy atom. The Kier molecular flexibility index (Phi) is 6.28. The molecular weight excluding hydrogens is 398 g/mol. The number of nitrogens with zero attached hydrogens (tertiary/aromatic N) is 2. The lowest BCUT2D eigenvalue weighted by Gasteiger charge is -2.40. The molecule has 1 amide bonds. The number of aromatic hydroxyl groups is 1. The van der Waals surface area contributed by atoms with Gasteiger partial charge < -0.3 is 10.0 Å². The molecule has 0 radical (unpaired) electrons. The number of benzene rings is 3. The maximum Gasteiger partial charge on any atom is 0.227 e. The average molecular weight is 422 g/mol. The summed E-state index contributed by atoms with van der Waals surface area (Å²) in [6, 6.07) is 19.4. The normalized spacial score (nSPS) is 14.7. The highest BCUT2D eigenvalue weighted by Crippen LogP contribution is 2.30. The van der Waals surface area contributed by atoms with E-state index in [0.29, 0.717) is 31.7 Å². The molecule has 1 aliphatic heterocycles. The fraction of sp³-hybridized carbons (Fsp3) is 0.240. The van der Waals surface area contributed by atoms with Gasteiger partial charge in [-0.3, -0.25) is 9.69 Å². The monoisotopic (exact) mass is 422 g/mol. The van der Waals surface area contributed by atoms with Gasteiger partial charge in [-0.05, 0) is 41.5 Å². The number of carbonyl (C=O) groups is 1. The van der Waals surface area contributed by atoms with E-state index in [-0.39, 0.29) is 35.8 Å². The Hall–Kier alpha value is -3.25. The number of hydrogen-bond acceptors (Lipinski definition) is 3. The molecule has 3 aromatic carbocycles. The molecule has 0 aliphatic carbocycles. The van der Waals surface area contributed by atoms with Crippen LogP contribution in [0.15, 0.2) is 72.8 Å². The third kappa shape index (κ3) is 4.91. The van der Waals surface area contributed by atoms with Gasteiger partial charge in [-0.2, -0.15) is 0 Å². The summed E-state index contributed by atoms with van der Waals surface area (Å²) in [5, 5.41) is 9.93. The molecule has 0 aromatic heterocycles. The van der Waals surface area contributed by atoms with Crippen molar-refractivity contribution in [1.82, 2.24) is 9.80 Å². The highest BCUT2D eigenvalue weighted by molar-refractivity contribution is 5.79. The van der Waals surface area contributed by atoms with E-state index in [1.54, 1.807) is 53.4 Å². The smallest absolute Gasteiger partial charge is 0.227 e. The predicted octanol–water partition coefficient (Wildman–Crippen LogP) is 4.15. The van der Waals surface area contributed by atoms with Gasteiger partial charge in [0.1, 0.15) is 17.4 Å². The number of phenolic OH excluding ortho intramolecular Hbond substituents is 1. The molecule has 1 heterocycles. The molecule has 4 rings (SSSR count). The van der Waals surface area contributed by atoms with Crippen LogP contribution < -0.4 is 0 Å². The first kappa shape index (κ1) is 21.0. The third-order valence-corrected chi connectivity index (χ3v) is 5.74. The number of rotatable bonds is 5. The predicted molar refractivity (Wildman–Crippen MR) is 115 cm³/mol. The standard InChI is InChI=1S/C25H24F2N2O2/c26-21-9-5-18(6-10-21)25(19-7-11-22(27)12-8-19)29-15-13-28(14-16-29)24(31)17-20-3-1-2-4-23(20)30/h1-12,25,30H,13-17H2. The first-order chi connectivity index (χ1) is 15.0. The molecule has 31 heavy (non-hydrogen) atoms. The van der Waals surface area contributed by atoms with Crippen LogP contribution in [0.25, 0.3) is 0 Å². The first-order valence-corrected chi connectivity index (χ1v) is 10.3. The molecular formula is C25H24F2N2O2. The summed E-state index contributed by atoms with van der Waals surface area (Å²) in [7, 11) is 0. The van der Waals surface area contributed by atoms with Crippen LogP contribution in [0.1, 0.15) is 22.7 Å². The lowest BCUT2D eigenvalue weighted by atomic mass is 9.96. The van der Waals surface area contributed by atoms with Crippen LogP contribution in [0.3, 0.4) is 0 Å². The van der Waals surface area contributed by atoms with Crippen molar-refractivity contribution in [3.05, 3.63) is 101 Å². The van der Waals surface area contributed by atoms with Crippen molar-refractivity contribution in [2.75, 3.05) is 26.2 Å². The van der Waals surface area contributed by atoms with E-state index in [2.05, 4.69) is 4.90 Å². The number of phenols is 1. The van der Waals surface area contributed by atoms with E-state index in [0.717, 1.165) is 11.1 Å². The van der Waals surface area contributed by atoms with Crippen molar-refractivity contribution in [2.45, 2.75) is 12.5 Å². The highest BCUT2D eigenvalue weighted by Gasteiger charge is 2.28.